The molecule has 1 heterocycles. The first kappa shape index (κ1) is 16.0. The smallest absolute Gasteiger partial charge is 0.251 e. The lowest BCUT2D eigenvalue weighted by Crippen LogP contribution is -2.48. The first-order chi connectivity index (χ1) is 8.58. The van der Waals surface area contributed by atoms with Gasteiger partial charge in [0, 0.05) is 11.6 Å². The Kier molecular flexibility index (Phi) is 5.83. The van der Waals surface area contributed by atoms with E-state index in [9.17, 15) is 4.79 Å². The minimum absolute atomic E-state index is 0. The summed E-state index contributed by atoms with van der Waals surface area (Å²) < 4.78 is 0. The Labute approximate surface area is 121 Å². The Morgan fingerprint density at radius 3 is 2.68 bits per heavy atom. The minimum atomic E-state index is 0. The zero-order chi connectivity index (χ0) is 13.1. The zero-order valence-corrected chi connectivity index (χ0v) is 12.6. The van der Waals surface area contributed by atoms with Crippen LogP contribution in [0, 0.1) is 19.8 Å². The first-order valence-corrected chi connectivity index (χ1v) is 6.67. The summed E-state index contributed by atoms with van der Waals surface area (Å²) in [6.45, 7) is 8.25. The lowest BCUT2D eigenvalue weighted by atomic mass is 9.95. The van der Waals surface area contributed by atoms with Crippen LogP contribution in [0.3, 0.4) is 0 Å². The van der Waals surface area contributed by atoms with Crippen LogP contribution in [-0.2, 0) is 0 Å². The molecule has 19 heavy (non-hydrogen) atoms. The van der Waals surface area contributed by atoms with Crippen LogP contribution in [-0.4, -0.2) is 25.0 Å². The number of piperidine rings is 1. The number of carbonyl (C=O) groups excluding carboxylic acids is 1. The second kappa shape index (κ2) is 6.92. The summed E-state index contributed by atoms with van der Waals surface area (Å²) in [5.74, 6) is 0.547. The van der Waals surface area contributed by atoms with Crippen LogP contribution in [0.5, 0.6) is 0 Å². The maximum atomic E-state index is 12.2. The van der Waals surface area contributed by atoms with E-state index in [1.165, 1.54) is 11.1 Å². The van der Waals surface area contributed by atoms with Gasteiger partial charge in [0.05, 0.1) is 0 Å². The molecule has 2 atom stereocenters. The van der Waals surface area contributed by atoms with Crippen LogP contribution in [0.15, 0.2) is 18.2 Å². The highest BCUT2D eigenvalue weighted by atomic mass is 35.5. The molecule has 0 aliphatic carbocycles. The van der Waals surface area contributed by atoms with Crippen LogP contribution in [0.25, 0.3) is 0 Å². The number of amides is 1. The lowest BCUT2D eigenvalue weighted by molar-refractivity contribution is 0.0914. The van der Waals surface area contributed by atoms with E-state index in [4.69, 9.17) is 0 Å². The van der Waals surface area contributed by atoms with Crippen molar-refractivity contribution in [3.8, 4) is 0 Å². The SMILES string of the molecule is Cc1ccc(C(=O)NC2CCNCC2C)cc1C.Cl. The fourth-order valence-corrected chi connectivity index (χ4v) is 2.36. The quantitative estimate of drug-likeness (QED) is 0.875. The molecule has 1 aromatic carbocycles. The topological polar surface area (TPSA) is 41.1 Å². The molecule has 1 fully saturated rings. The van der Waals surface area contributed by atoms with Gasteiger partial charge >= 0.3 is 0 Å². The summed E-state index contributed by atoms with van der Waals surface area (Å²) >= 11 is 0. The summed E-state index contributed by atoms with van der Waals surface area (Å²) in [5, 5.41) is 6.50. The van der Waals surface area contributed by atoms with E-state index in [1.807, 2.05) is 25.1 Å². The molecular formula is C15H23ClN2O. The Morgan fingerprint density at radius 2 is 2.05 bits per heavy atom. The Hall–Kier alpha value is -1.06. The van der Waals surface area contributed by atoms with Gasteiger partial charge in [0.1, 0.15) is 0 Å². The van der Waals surface area contributed by atoms with E-state index >= 15 is 0 Å². The third kappa shape index (κ3) is 3.95. The predicted molar refractivity (Wildman–Crippen MR) is 81.1 cm³/mol. The highest BCUT2D eigenvalue weighted by Crippen LogP contribution is 2.13. The third-order valence-corrected chi connectivity index (χ3v) is 3.87. The molecule has 2 unspecified atom stereocenters. The van der Waals surface area contributed by atoms with Crippen molar-refractivity contribution in [1.82, 2.24) is 10.6 Å². The molecule has 0 spiro atoms. The highest BCUT2D eigenvalue weighted by Gasteiger charge is 2.22. The molecule has 106 valence electrons. The van der Waals surface area contributed by atoms with Gasteiger partial charge in [-0.2, -0.15) is 0 Å². The summed E-state index contributed by atoms with van der Waals surface area (Å²) in [4.78, 5) is 12.2. The van der Waals surface area contributed by atoms with Crippen molar-refractivity contribution in [2.75, 3.05) is 13.1 Å². The van der Waals surface area contributed by atoms with Gasteiger partial charge in [0.15, 0.2) is 0 Å². The van der Waals surface area contributed by atoms with Crippen molar-refractivity contribution in [2.24, 2.45) is 5.92 Å². The Morgan fingerprint density at radius 1 is 1.32 bits per heavy atom. The fourth-order valence-electron chi connectivity index (χ4n) is 2.36. The number of nitrogens with one attached hydrogen (secondary N) is 2. The number of halogens is 1. The van der Waals surface area contributed by atoms with Gasteiger partial charge in [-0.1, -0.05) is 13.0 Å². The minimum Gasteiger partial charge on any atom is -0.349 e. The average molecular weight is 283 g/mol. The number of hydrogen-bond donors (Lipinski definition) is 2. The average Bonchev–Trinajstić information content (AvgIpc) is 2.35. The van der Waals surface area contributed by atoms with Crippen molar-refractivity contribution < 1.29 is 4.79 Å². The second-order valence-corrected chi connectivity index (χ2v) is 5.35. The summed E-state index contributed by atoms with van der Waals surface area (Å²) in [6, 6.07) is 6.18. The molecule has 3 nitrogen and oxygen atoms in total. The molecule has 0 bridgehead atoms. The van der Waals surface area contributed by atoms with Gasteiger partial charge in [0.2, 0.25) is 0 Å². The number of aryl methyl sites for hydroxylation is 2. The molecule has 0 aromatic heterocycles. The van der Waals surface area contributed by atoms with Gasteiger partial charge in [0.25, 0.3) is 5.91 Å². The number of benzene rings is 1. The van der Waals surface area contributed by atoms with Crippen LogP contribution < -0.4 is 10.6 Å². The van der Waals surface area contributed by atoms with E-state index in [1.54, 1.807) is 0 Å². The van der Waals surface area contributed by atoms with Crippen molar-refractivity contribution >= 4 is 18.3 Å². The highest BCUT2D eigenvalue weighted by molar-refractivity contribution is 5.94. The number of rotatable bonds is 2. The van der Waals surface area contributed by atoms with Crippen LogP contribution >= 0.6 is 12.4 Å². The Balaban J connectivity index is 0.00000180. The van der Waals surface area contributed by atoms with E-state index < -0.39 is 0 Å². The Bertz CT molecular complexity index is 448. The van der Waals surface area contributed by atoms with E-state index in [2.05, 4.69) is 24.5 Å². The van der Waals surface area contributed by atoms with Gasteiger partial charge < -0.3 is 10.6 Å². The number of hydrogen-bond acceptors (Lipinski definition) is 2. The molecule has 1 amide bonds. The predicted octanol–water partition coefficient (Wildman–Crippen LogP) is 2.45. The van der Waals surface area contributed by atoms with Crippen LogP contribution in [0.4, 0.5) is 0 Å². The van der Waals surface area contributed by atoms with Crippen molar-refractivity contribution in [1.29, 1.82) is 0 Å². The molecule has 1 aliphatic rings. The van der Waals surface area contributed by atoms with Crippen molar-refractivity contribution in [3.63, 3.8) is 0 Å². The molecule has 1 aliphatic heterocycles. The zero-order valence-electron chi connectivity index (χ0n) is 11.8. The van der Waals surface area contributed by atoms with Gasteiger partial charge in [-0.3, -0.25) is 4.79 Å². The van der Waals surface area contributed by atoms with E-state index in [0.29, 0.717) is 12.0 Å². The lowest BCUT2D eigenvalue weighted by Gasteiger charge is -2.30. The molecule has 4 heteroatoms. The third-order valence-electron chi connectivity index (χ3n) is 3.87. The normalized spacial score (nSPS) is 22.5. The maximum Gasteiger partial charge on any atom is 0.251 e. The summed E-state index contributed by atoms with van der Waals surface area (Å²) in [7, 11) is 0. The van der Waals surface area contributed by atoms with Crippen LogP contribution in [0.2, 0.25) is 0 Å². The van der Waals surface area contributed by atoms with E-state index in [-0.39, 0.29) is 18.3 Å². The second-order valence-electron chi connectivity index (χ2n) is 5.35. The standard InChI is InChI=1S/C15H22N2O.ClH/c1-10-4-5-13(8-11(10)2)15(18)17-14-6-7-16-9-12(14)3;/h4-5,8,12,14,16H,6-7,9H2,1-3H3,(H,17,18);1H. The number of carbonyl (C=O) groups is 1. The molecule has 1 aromatic rings. The van der Waals surface area contributed by atoms with E-state index in [0.717, 1.165) is 25.1 Å². The maximum absolute atomic E-state index is 12.2. The summed E-state index contributed by atoms with van der Waals surface area (Å²) in [6.07, 6.45) is 1.01. The van der Waals surface area contributed by atoms with Crippen LogP contribution in [0.1, 0.15) is 34.8 Å². The molecule has 2 rings (SSSR count). The molecule has 0 saturated carbocycles. The molecule has 0 radical (unpaired) electrons. The van der Waals surface area contributed by atoms with Crippen molar-refractivity contribution in [3.05, 3.63) is 34.9 Å². The molecule has 1 saturated heterocycles. The van der Waals surface area contributed by atoms with Gasteiger partial charge in [-0.15, -0.1) is 12.4 Å². The largest absolute Gasteiger partial charge is 0.349 e. The van der Waals surface area contributed by atoms with Gasteiger partial charge in [-0.25, -0.2) is 0 Å². The monoisotopic (exact) mass is 282 g/mol. The fraction of sp³-hybridized carbons (Fsp3) is 0.533. The van der Waals surface area contributed by atoms with Gasteiger partial charge in [-0.05, 0) is 62.5 Å². The first-order valence-electron chi connectivity index (χ1n) is 6.67. The molecule has 2 N–H and O–H groups in total. The van der Waals surface area contributed by atoms with Crippen molar-refractivity contribution in [2.45, 2.75) is 33.2 Å². The summed E-state index contributed by atoms with van der Waals surface area (Å²) in [5.41, 5.74) is 3.16. The molecular weight excluding hydrogens is 260 g/mol.